The van der Waals surface area contributed by atoms with Gasteiger partial charge in [0.25, 0.3) is 0 Å². The molecule has 1 nitrogen and oxygen atoms in total. The third-order valence-electron chi connectivity index (χ3n) is 3.34. The van der Waals surface area contributed by atoms with E-state index in [0.29, 0.717) is 11.2 Å². The van der Waals surface area contributed by atoms with Crippen molar-refractivity contribution in [2.45, 2.75) is 85.5 Å². The summed E-state index contributed by atoms with van der Waals surface area (Å²) in [6, 6.07) is 0. The van der Waals surface area contributed by atoms with Crippen molar-refractivity contribution >= 4 is 5.78 Å². The summed E-state index contributed by atoms with van der Waals surface area (Å²) in [6.45, 7) is 8.68. The lowest BCUT2D eigenvalue weighted by atomic mass is 9.82. The quantitative estimate of drug-likeness (QED) is 0.472. The Morgan fingerprint density at radius 3 is 2.00 bits per heavy atom. The first kappa shape index (κ1) is 15.7. The van der Waals surface area contributed by atoms with Gasteiger partial charge in [-0.1, -0.05) is 52.9 Å². The molecule has 0 unspecified atom stereocenters. The zero-order valence-electron chi connectivity index (χ0n) is 11.8. The molecule has 0 aliphatic rings. The number of ketones is 1. The second kappa shape index (κ2) is 8.78. The van der Waals surface area contributed by atoms with Gasteiger partial charge in [-0.25, -0.2) is 0 Å². The average Bonchev–Trinajstić information content (AvgIpc) is 2.19. The molecular formula is C15H30O. The zero-order chi connectivity index (χ0) is 12.4. The van der Waals surface area contributed by atoms with Gasteiger partial charge in [-0.05, 0) is 31.6 Å². The van der Waals surface area contributed by atoms with Crippen LogP contribution in [0.2, 0.25) is 0 Å². The van der Waals surface area contributed by atoms with E-state index in [1.807, 2.05) is 0 Å². The van der Waals surface area contributed by atoms with Gasteiger partial charge >= 0.3 is 0 Å². The number of Topliss-reactive ketones (excluding diaryl/α,β-unsaturated/α-hetero) is 1. The van der Waals surface area contributed by atoms with Crippen LogP contribution >= 0.6 is 0 Å². The van der Waals surface area contributed by atoms with Gasteiger partial charge in [0.1, 0.15) is 5.78 Å². The minimum atomic E-state index is 0.334. The van der Waals surface area contributed by atoms with Crippen LogP contribution in [0.25, 0.3) is 0 Å². The molecule has 0 aromatic heterocycles. The molecule has 0 heterocycles. The summed E-state index contributed by atoms with van der Waals surface area (Å²) < 4.78 is 0. The Hall–Kier alpha value is -0.330. The number of unbranched alkanes of at least 4 members (excludes halogenated alkanes) is 4. The van der Waals surface area contributed by atoms with E-state index >= 15 is 0 Å². The van der Waals surface area contributed by atoms with Crippen molar-refractivity contribution in [1.82, 2.24) is 0 Å². The molecule has 0 aromatic carbocycles. The molecular weight excluding hydrogens is 196 g/mol. The first-order valence-electron chi connectivity index (χ1n) is 6.97. The van der Waals surface area contributed by atoms with Gasteiger partial charge in [0.15, 0.2) is 0 Å². The van der Waals surface area contributed by atoms with Crippen LogP contribution in [0.1, 0.15) is 85.5 Å². The summed E-state index contributed by atoms with van der Waals surface area (Å²) in [5.74, 6) is 0.334. The summed E-state index contributed by atoms with van der Waals surface area (Å²) in [6.07, 6.45) is 11.1. The van der Waals surface area contributed by atoms with Crippen LogP contribution in [0.3, 0.4) is 0 Å². The summed E-state index contributed by atoms with van der Waals surface area (Å²) >= 11 is 0. The molecule has 0 bridgehead atoms. The second-order valence-corrected chi connectivity index (χ2v) is 5.88. The van der Waals surface area contributed by atoms with E-state index in [2.05, 4.69) is 20.8 Å². The van der Waals surface area contributed by atoms with Gasteiger partial charge in [0.05, 0.1) is 0 Å². The maximum Gasteiger partial charge on any atom is 0.129 e. The highest BCUT2D eigenvalue weighted by Crippen LogP contribution is 2.30. The van der Waals surface area contributed by atoms with Crippen LogP contribution in [-0.4, -0.2) is 5.78 Å². The molecule has 0 fully saturated rings. The normalized spacial score (nSPS) is 11.8. The smallest absolute Gasteiger partial charge is 0.129 e. The van der Waals surface area contributed by atoms with E-state index < -0.39 is 0 Å². The van der Waals surface area contributed by atoms with Gasteiger partial charge in [0, 0.05) is 6.42 Å². The van der Waals surface area contributed by atoms with E-state index in [4.69, 9.17) is 0 Å². The van der Waals surface area contributed by atoms with Crippen molar-refractivity contribution < 1.29 is 4.79 Å². The molecule has 96 valence electrons. The summed E-state index contributed by atoms with van der Waals surface area (Å²) in [4.78, 5) is 10.8. The van der Waals surface area contributed by atoms with E-state index in [1.54, 1.807) is 6.92 Å². The highest BCUT2D eigenvalue weighted by Gasteiger charge is 2.16. The molecule has 0 atom stereocenters. The highest BCUT2D eigenvalue weighted by molar-refractivity contribution is 5.75. The van der Waals surface area contributed by atoms with Crippen molar-refractivity contribution in [3.05, 3.63) is 0 Å². The molecule has 0 aliphatic heterocycles. The van der Waals surface area contributed by atoms with Gasteiger partial charge in [0.2, 0.25) is 0 Å². The number of hydrogen-bond acceptors (Lipinski definition) is 1. The van der Waals surface area contributed by atoms with Gasteiger partial charge in [-0.2, -0.15) is 0 Å². The molecule has 0 aromatic rings. The first-order chi connectivity index (χ1) is 7.48. The van der Waals surface area contributed by atoms with Gasteiger partial charge in [-0.3, -0.25) is 0 Å². The second-order valence-electron chi connectivity index (χ2n) is 5.88. The molecule has 0 aliphatic carbocycles. The average molecular weight is 226 g/mol. The van der Waals surface area contributed by atoms with Gasteiger partial charge < -0.3 is 4.79 Å². The molecule has 0 amide bonds. The summed E-state index contributed by atoms with van der Waals surface area (Å²) in [7, 11) is 0. The Kier molecular flexibility index (Phi) is 8.60. The molecule has 16 heavy (non-hydrogen) atoms. The standard InChI is InChI=1S/C15H30O/c1-5-6-7-9-12-15(3,4)13-10-8-11-14(2)16/h5-13H2,1-4H3. The Balaban J connectivity index is 3.49. The number of rotatable bonds is 10. The van der Waals surface area contributed by atoms with E-state index in [9.17, 15) is 4.79 Å². The van der Waals surface area contributed by atoms with Gasteiger partial charge in [-0.15, -0.1) is 0 Å². The Morgan fingerprint density at radius 1 is 0.938 bits per heavy atom. The highest BCUT2D eigenvalue weighted by atomic mass is 16.1. The lowest BCUT2D eigenvalue weighted by Crippen LogP contribution is -2.11. The lowest BCUT2D eigenvalue weighted by molar-refractivity contribution is -0.117. The summed E-state index contributed by atoms with van der Waals surface area (Å²) in [5, 5.41) is 0. The molecule has 1 heteroatoms. The molecule has 0 spiro atoms. The van der Waals surface area contributed by atoms with Crippen LogP contribution in [0.5, 0.6) is 0 Å². The fourth-order valence-corrected chi connectivity index (χ4v) is 2.13. The molecule has 0 saturated carbocycles. The van der Waals surface area contributed by atoms with Crippen molar-refractivity contribution in [2.24, 2.45) is 5.41 Å². The van der Waals surface area contributed by atoms with E-state index in [-0.39, 0.29) is 0 Å². The predicted molar refractivity (Wildman–Crippen MR) is 71.7 cm³/mol. The molecule has 0 saturated heterocycles. The minimum absolute atomic E-state index is 0.334. The van der Waals surface area contributed by atoms with Crippen LogP contribution in [0.4, 0.5) is 0 Å². The fourth-order valence-electron chi connectivity index (χ4n) is 2.13. The third kappa shape index (κ3) is 10.2. The van der Waals surface area contributed by atoms with Crippen LogP contribution in [-0.2, 0) is 4.79 Å². The number of carbonyl (C=O) groups is 1. The van der Waals surface area contributed by atoms with Crippen LogP contribution in [0, 0.1) is 5.41 Å². The first-order valence-corrected chi connectivity index (χ1v) is 6.97. The minimum Gasteiger partial charge on any atom is -0.300 e. The Morgan fingerprint density at radius 2 is 1.50 bits per heavy atom. The van der Waals surface area contributed by atoms with E-state index in [1.165, 1.54) is 44.9 Å². The van der Waals surface area contributed by atoms with Crippen molar-refractivity contribution in [3.8, 4) is 0 Å². The van der Waals surface area contributed by atoms with Crippen molar-refractivity contribution in [3.63, 3.8) is 0 Å². The lowest BCUT2D eigenvalue weighted by Gasteiger charge is -2.24. The monoisotopic (exact) mass is 226 g/mol. The van der Waals surface area contributed by atoms with Crippen molar-refractivity contribution in [2.75, 3.05) is 0 Å². The molecule has 0 N–H and O–H groups in total. The Bertz CT molecular complexity index is 182. The zero-order valence-corrected chi connectivity index (χ0v) is 11.8. The van der Waals surface area contributed by atoms with E-state index in [0.717, 1.165) is 12.8 Å². The van der Waals surface area contributed by atoms with Crippen LogP contribution in [0.15, 0.2) is 0 Å². The Labute approximate surface area is 102 Å². The SMILES string of the molecule is CCCCCCC(C)(C)CCCCC(C)=O. The van der Waals surface area contributed by atoms with Crippen molar-refractivity contribution in [1.29, 1.82) is 0 Å². The third-order valence-corrected chi connectivity index (χ3v) is 3.34. The maximum absolute atomic E-state index is 10.8. The molecule has 0 radical (unpaired) electrons. The number of carbonyl (C=O) groups excluding carboxylic acids is 1. The topological polar surface area (TPSA) is 17.1 Å². The molecule has 0 rings (SSSR count). The number of hydrogen-bond donors (Lipinski definition) is 0. The van der Waals surface area contributed by atoms with Crippen LogP contribution < -0.4 is 0 Å². The summed E-state index contributed by atoms with van der Waals surface area (Å²) in [5.41, 5.74) is 0.477. The predicted octanol–water partition coefficient (Wildman–Crippen LogP) is 5.13. The largest absolute Gasteiger partial charge is 0.300 e. The maximum atomic E-state index is 10.8. The fraction of sp³-hybridized carbons (Fsp3) is 0.933.